The van der Waals surface area contributed by atoms with Gasteiger partial charge >= 0.3 is 6.09 Å². The largest absolute Gasteiger partial charge is 0.444 e. The number of rotatable bonds is 1. The Balaban J connectivity index is 1.85. The predicted molar refractivity (Wildman–Crippen MR) is 76.2 cm³/mol. The summed E-state index contributed by atoms with van der Waals surface area (Å²) in [5.41, 5.74) is 0.0500. The number of piperidine rings is 1. The van der Waals surface area contributed by atoms with Crippen LogP contribution in [0.4, 0.5) is 4.79 Å². The minimum atomic E-state index is -0.412. The Morgan fingerprint density at radius 1 is 1.26 bits per heavy atom. The fourth-order valence-electron chi connectivity index (χ4n) is 3.46. The van der Waals surface area contributed by atoms with Crippen molar-refractivity contribution in [2.24, 2.45) is 5.41 Å². The minimum absolute atomic E-state index is 0.261. The van der Waals surface area contributed by atoms with Gasteiger partial charge in [0.25, 0.3) is 0 Å². The Hall–Kier alpha value is -0.770. The van der Waals surface area contributed by atoms with Gasteiger partial charge < -0.3 is 15.4 Å². The molecule has 0 aromatic rings. The van der Waals surface area contributed by atoms with Crippen molar-refractivity contribution in [2.45, 2.75) is 70.9 Å². The van der Waals surface area contributed by atoms with Gasteiger partial charge in [-0.1, -0.05) is 6.42 Å². The fraction of sp³-hybridized carbons (Fsp3) is 0.933. The van der Waals surface area contributed by atoms with Crippen LogP contribution in [0.15, 0.2) is 0 Å². The zero-order valence-corrected chi connectivity index (χ0v) is 12.6. The molecule has 1 unspecified atom stereocenters. The molecule has 1 atom stereocenters. The Labute approximate surface area is 116 Å². The molecule has 0 radical (unpaired) electrons. The van der Waals surface area contributed by atoms with Gasteiger partial charge in [-0.3, -0.25) is 0 Å². The van der Waals surface area contributed by atoms with Gasteiger partial charge in [0, 0.05) is 6.04 Å². The first-order valence-electron chi connectivity index (χ1n) is 7.59. The van der Waals surface area contributed by atoms with E-state index in [1.54, 1.807) is 0 Å². The molecule has 1 heterocycles. The third-order valence-corrected chi connectivity index (χ3v) is 4.32. The molecule has 4 heteroatoms. The van der Waals surface area contributed by atoms with Crippen molar-refractivity contribution in [3.05, 3.63) is 0 Å². The van der Waals surface area contributed by atoms with E-state index in [1.165, 1.54) is 25.7 Å². The van der Waals surface area contributed by atoms with Crippen LogP contribution in [0.1, 0.15) is 59.3 Å². The van der Waals surface area contributed by atoms with E-state index in [2.05, 4.69) is 10.6 Å². The number of carbonyl (C=O) groups excluding carboxylic acids is 1. The van der Waals surface area contributed by atoms with Crippen molar-refractivity contribution in [3.63, 3.8) is 0 Å². The lowest BCUT2D eigenvalue weighted by Gasteiger charge is -2.44. The van der Waals surface area contributed by atoms with E-state index in [4.69, 9.17) is 4.74 Å². The summed E-state index contributed by atoms with van der Waals surface area (Å²) in [6.07, 6.45) is 6.99. The molecular weight excluding hydrogens is 240 g/mol. The van der Waals surface area contributed by atoms with Gasteiger partial charge in [0.15, 0.2) is 0 Å². The number of carbonyl (C=O) groups is 1. The molecule has 2 N–H and O–H groups in total. The highest BCUT2D eigenvalue weighted by Gasteiger charge is 2.37. The molecule has 0 aromatic heterocycles. The van der Waals surface area contributed by atoms with E-state index in [9.17, 15) is 4.79 Å². The molecule has 110 valence electrons. The van der Waals surface area contributed by atoms with Crippen LogP contribution in [0.2, 0.25) is 0 Å². The monoisotopic (exact) mass is 268 g/mol. The third-order valence-electron chi connectivity index (χ3n) is 4.32. The van der Waals surface area contributed by atoms with Crippen molar-refractivity contribution < 1.29 is 9.53 Å². The topological polar surface area (TPSA) is 50.4 Å². The summed E-state index contributed by atoms with van der Waals surface area (Å²) >= 11 is 0. The Bertz CT molecular complexity index is 311. The van der Waals surface area contributed by atoms with Gasteiger partial charge in [0.05, 0.1) is 0 Å². The highest BCUT2D eigenvalue weighted by atomic mass is 16.6. The van der Waals surface area contributed by atoms with Crippen LogP contribution in [0, 0.1) is 5.41 Å². The zero-order valence-electron chi connectivity index (χ0n) is 12.6. The minimum Gasteiger partial charge on any atom is -0.444 e. The second-order valence-corrected chi connectivity index (χ2v) is 7.19. The van der Waals surface area contributed by atoms with Gasteiger partial charge in [-0.2, -0.15) is 0 Å². The maximum Gasteiger partial charge on any atom is 0.407 e. The van der Waals surface area contributed by atoms with E-state index >= 15 is 0 Å². The Morgan fingerprint density at radius 3 is 2.58 bits per heavy atom. The Kier molecular flexibility index (Phi) is 4.39. The van der Waals surface area contributed by atoms with E-state index in [0.717, 1.165) is 25.9 Å². The van der Waals surface area contributed by atoms with E-state index < -0.39 is 5.60 Å². The molecular formula is C15H28N2O2. The smallest absolute Gasteiger partial charge is 0.407 e. The van der Waals surface area contributed by atoms with Crippen LogP contribution in [0.3, 0.4) is 0 Å². The maximum atomic E-state index is 11.9. The second kappa shape index (κ2) is 5.70. The van der Waals surface area contributed by atoms with Crippen LogP contribution in [0.5, 0.6) is 0 Å². The summed E-state index contributed by atoms with van der Waals surface area (Å²) in [7, 11) is 0. The lowest BCUT2D eigenvalue weighted by molar-refractivity contribution is 0.0433. The lowest BCUT2D eigenvalue weighted by Crippen LogP contribution is -2.47. The number of hydrogen-bond donors (Lipinski definition) is 2. The summed E-state index contributed by atoms with van der Waals surface area (Å²) in [6.45, 7) is 7.96. The predicted octanol–water partition coefficient (Wildman–Crippen LogP) is 2.82. The quantitative estimate of drug-likeness (QED) is 0.769. The maximum absolute atomic E-state index is 11.9. The average molecular weight is 268 g/mol. The summed E-state index contributed by atoms with van der Waals surface area (Å²) < 4.78 is 5.35. The van der Waals surface area contributed by atoms with Gasteiger partial charge in [-0.05, 0) is 71.4 Å². The number of alkyl carbamates (subject to hydrolysis) is 1. The van der Waals surface area contributed by atoms with Gasteiger partial charge in [0.2, 0.25) is 0 Å². The molecule has 1 saturated carbocycles. The first-order chi connectivity index (χ1) is 8.89. The summed E-state index contributed by atoms with van der Waals surface area (Å²) in [6, 6.07) is 0.293. The molecule has 19 heavy (non-hydrogen) atoms. The molecule has 1 aliphatic heterocycles. The molecule has 0 aromatic carbocycles. The van der Waals surface area contributed by atoms with Gasteiger partial charge in [-0.15, -0.1) is 0 Å². The number of amides is 1. The molecule has 1 spiro atoms. The van der Waals surface area contributed by atoms with Crippen molar-refractivity contribution in [3.8, 4) is 0 Å². The van der Waals surface area contributed by atoms with Crippen LogP contribution >= 0.6 is 0 Å². The van der Waals surface area contributed by atoms with Gasteiger partial charge in [-0.25, -0.2) is 4.79 Å². The summed E-state index contributed by atoms with van der Waals surface area (Å²) in [5, 5.41) is 6.50. The molecule has 2 fully saturated rings. The third kappa shape index (κ3) is 4.37. The zero-order chi connectivity index (χ0) is 13.9. The fourth-order valence-corrected chi connectivity index (χ4v) is 3.46. The molecule has 2 aliphatic rings. The first-order valence-corrected chi connectivity index (χ1v) is 7.59. The van der Waals surface area contributed by atoms with Crippen molar-refractivity contribution >= 4 is 6.09 Å². The lowest BCUT2D eigenvalue weighted by atomic mass is 9.67. The van der Waals surface area contributed by atoms with Crippen LogP contribution < -0.4 is 10.6 Å². The standard InChI is InChI=1S/C15H28N2O2/c1-14(2,3)19-13(18)17-12-5-4-6-15(11-12)7-9-16-10-8-15/h12,16H,4-11H2,1-3H3,(H,17,18). The average Bonchev–Trinajstić information content (AvgIpc) is 2.27. The second-order valence-electron chi connectivity index (χ2n) is 7.19. The normalized spacial score (nSPS) is 27.0. The molecule has 0 bridgehead atoms. The molecule has 1 aliphatic carbocycles. The number of ether oxygens (including phenoxy) is 1. The van der Waals surface area contributed by atoms with E-state index in [0.29, 0.717) is 11.5 Å². The highest BCUT2D eigenvalue weighted by molar-refractivity contribution is 5.68. The summed E-state index contributed by atoms with van der Waals surface area (Å²) in [4.78, 5) is 11.9. The number of hydrogen-bond acceptors (Lipinski definition) is 3. The van der Waals surface area contributed by atoms with Crippen LogP contribution in [0.25, 0.3) is 0 Å². The Morgan fingerprint density at radius 2 is 1.95 bits per heavy atom. The van der Waals surface area contributed by atoms with Crippen LogP contribution in [-0.2, 0) is 4.74 Å². The van der Waals surface area contributed by atoms with Crippen LogP contribution in [-0.4, -0.2) is 30.8 Å². The molecule has 2 rings (SSSR count). The molecule has 4 nitrogen and oxygen atoms in total. The van der Waals surface area contributed by atoms with Gasteiger partial charge in [0.1, 0.15) is 5.60 Å². The summed E-state index contributed by atoms with van der Waals surface area (Å²) in [5.74, 6) is 0. The SMILES string of the molecule is CC(C)(C)OC(=O)NC1CCCC2(CCNCC2)C1. The van der Waals surface area contributed by atoms with E-state index in [-0.39, 0.29) is 6.09 Å². The van der Waals surface area contributed by atoms with Crippen molar-refractivity contribution in [2.75, 3.05) is 13.1 Å². The highest BCUT2D eigenvalue weighted by Crippen LogP contribution is 2.43. The van der Waals surface area contributed by atoms with E-state index in [1.807, 2.05) is 20.8 Å². The molecule has 1 saturated heterocycles. The number of nitrogens with one attached hydrogen (secondary N) is 2. The first kappa shape index (κ1) is 14.6. The van der Waals surface area contributed by atoms with Crippen molar-refractivity contribution in [1.29, 1.82) is 0 Å². The molecule has 1 amide bonds. The van der Waals surface area contributed by atoms with Crippen molar-refractivity contribution in [1.82, 2.24) is 10.6 Å².